The molecule has 0 saturated heterocycles. The molecule has 0 radical (unpaired) electrons. The molecule has 4 nitrogen and oxygen atoms in total. The van der Waals surface area contributed by atoms with Crippen LogP contribution in [-0.2, 0) is 11.2 Å². The number of likely N-dealkylation sites (N-methyl/N-ethyl adjacent to an activating group) is 1. The Hall–Kier alpha value is -1.56. The number of hydrogen-bond donors (Lipinski definition) is 1. The second kappa shape index (κ2) is 9.06. The first-order valence-electron chi connectivity index (χ1n) is 7.79. The van der Waals surface area contributed by atoms with Crippen molar-refractivity contribution >= 4 is 28.8 Å². The summed E-state index contributed by atoms with van der Waals surface area (Å²) in [5.41, 5.74) is 2.25. The molecule has 0 bridgehead atoms. The molecule has 1 aromatic carbocycles. The van der Waals surface area contributed by atoms with E-state index in [2.05, 4.69) is 27.0 Å². The van der Waals surface area contributed by atoms with Crippen LogP contribution in [0.15, 0.2) is 35.0 Å². The van der Waals surface area contributed by atoms with Crippen LogP contribution >= 0.6 is 22.9 Å². The highest BCUT2D eigenvalue weighted by molar-refractivity contribution is 7.07. The zero-order valence-corrected chi connectivity index (χ0v) is 15.8. The van der Waals surface area contributed by atoms with Crippen molar-refractivity contribution in [1.82, 2.24) is 10.2 Å². The van der Waals surface area contributed by atoms with Crippen LogP contribution in [0.5, 0.6) is 5.75 Å². The summed E-state index contributed by atoms with van der Waals surface area (Å²) in [4.78, 5) is 14.3. The van der Waals surface area contributed by atoms with Crippen molar-refractivity contribution in [3.8, 4) is 5.75 Å². The molecule has 1 unspecified atom stereocenters. The van der Waals surface area contributed by atoms with Crippen LogP contribution in [0.25, 0.3) is 0 Å². The average Bonchev–Trinajstić information content (AvgIpc) is 3.07. The van der Waals surface area contributed by atoms with Gasteiger partial charge in [0.25, 0.3) is 0 Å². The fourth-order valence-electron chi connectivity index (χ4n) is 2.49. The summed E-state index contributed by atoms with van der Waals surface area (Å²) in [5.74, 6) is 0.693. The van der Waals surface area contributed by atoms with E-state index in [4.69, 9.17) is 16.3 Å². The van der Waals surface area contributed by atoms with Gasteiger partial charge in [0.2, 0.25) is 5.91 Å². The number of hydrogen-bond acceptors (Lipinski definition) is 4. The van der Waals surface area contributed by atoms with Crippen molar-refractivity contribution in [2.24, 2.45) is 0 Å². The third kappa shape index (κ3) is 5.23. The molecule has 0 saturated carbocycles. The SMILES string of the molecule is COc1ccc(CCC(=O)NCC(c2ccsc2)N(C)C)cc1Cl. The molecule has 0 aliphatic heterocycles. The third-order valence-corrected chi connectivity index (χ3v) is 4.90. The normalized spacial score (nSPS) is 12.2. The van der Waals surface area contributed by atoms with E-state index >= 15 is 0 Å². The summed E-state index contributed by atoms with van der Waals surface area (Å²) in [6, 6.07) is 7.90. The quantitative estimate of drug-likeness (QED) is 0.773. The Morgan fingerprint density at radius 2 is 2.17 bits per heavy atom. The van der Waals surface area contributed by atoms with E-state index in [1.165, 1.54) is 5.56 Å². The first-order valence-corrected chi connectivity index (χ1v) is 9.11. The van der Waals surface area contributed by atoms with Crippen LogP contribution in [0.2, 0.25) is 5.02 Å². The molecule has 2 rings (SSSR count). The highest BCUT2D eigenvalue weighted by Crippen LogP contribution is 2.25. The van der Waals surface area contributed by atoms with Gasteiger partial charge < -0.3 is 15.0 Å². The monoisotopic (exact) mass is 366 g/mol. The summed E-state index contributed by atoms with van der Waals surface area (Å²) in [6.07, 6.45) is 1.09. The number of nitrogens with zero attached hydrogens (tertiary/aromatic N) is 1. The van der Waals surface area contributed by atoms with Crippen molar-refractivity contribution in [3.05, 3.63) is 51.2 Å². The minimum absolute atomic E-state index is 0.0454. The molecule has 0 aliphatic carbocycles. The van der Waals surface area contributed by atoms with Gasteiger partial charge in [-0.2, -0.15) is 11.3 Å². The number of methoxy groups -OCH3 is 1. The van der Waals surface area contributed by atoms with E-state index in [1.54, 1.807) is 18.4 Å². The number of thiophene rings is 1. The van der Waals surface area contributed by atoms with E-state index in [1.807, 2.05) is 32.3 Å². The van der Waals surface area contributed by atoms with Gasteiger partial charge in [0.15, 0.2) is 0 Å². The van der Waals surface area contributed by atoms with E-state index < -0.39 is 0 Å². The second-order valence-electron chi connectivity index (χ2n) is 5.81. The molecular weight excluding hydrogens is 344 g/mol. The molecule has 1 N–H and O–H groups in total. The number of carbonyl (C=O) groups is 1. The lowest BCUT2D eigenvalue weighted by Crippen LogP contribution is -2.34. The first kappa shape index (κ1) is 18.8. The summed E-state index contributed by atoms with van der Waals surface area (Å²) in [7, 11) is 5.63. The van der Waals surface area contributed by atoms with Gasteiger partial charge in [0, 0.05) is 13.0 Å². The molecule has 24 heavy (non-hydrogen) atoms. The third-order valence-electron chi connectivity index (χ3n) is 3.90. The maximum Gasteiger partial charge on any atom is 0.220 e. The number of nitrogens with one attached hydrogen (secondary N) is 1. The van der Waals surface area contributed by atoms with Crippen LogP contribution in [0.3, 0.4) is 0 Å². The van der Waals surface area contributed by atoms with Crippen LogP contribution in [-0.4, -0.2) is 38.6 Å². The molecule has 0 aliphatic rings. The van der Waals surface area contributed by atoms with Crippen molar-refractivity contribution < 1.29 is 9.53 Å². The van der Waals surface area contributed by atoms with Gasteiger partial charge in [-0.05, 0) is 60.6 Å². The molecule has 130 valence electrons. The lowest BCUT2D eigenvalue weighted by atomic mass is 10.1. The van der Waals surface area contributed by atoms with Gasteiger partial charge in [-0.3, -0.25) is 4.79 Å². The Balaban J connectivity index is 1.83. The maximum atomic E-state index is 12.1. The van der Waals surface area contributed by atoms with E-state index in [0.29, 0.717) is 30.2 Å². The standard InChI is InChI=1S/C18H23ClN2O2S/c1-21(2)16(14-8-9-24-12-14)11-20-18(22)7-5-13-4-6-17(23-3)15(19)10-13/h4,6,8-10,12,16H,5,7,11H2,1-3H3,(H,20,22). The second-order valence-corrected chi connectivity index (χ2v) is 7.00. The molecule has 6 heteroatoms. The smallest absolute Gasteiger partial charge is 0.220 e. The predicted octanol–water partition coefficient (Wildman–Crippen LogP) is 3.76. The van der Waals surface area contributed by atoms with Crippen molar-refractivity contribution in [2.75, 3.05) is 27.7 Å². The zero-order chi connectivity index (χ0) is 17.5. The van der Waals surface area contributed by atoms with Crippen molar-refractivity contribution in [3.63, 3.8) is 0 Å². The van der Waals surface area contributed by atoms with E-state index in [9.17, 15) is 4.79 Å². The molecule has 1 amide bonds. The lowest BCUT2D eigenvalue weighted by Gasteiger charge is -2.24. The minimum Gasteiger partial charge on any atom is -0.495 e. The Morgan fingerprint density at radius 1 is 1.38 bits per heavy atom. The van der Waals surface area contributed by atoms with Crippen LogP contribution < -0.4 is 10.1 Å². The van der Waals surface area contributed by atoms with Crippen LogP contribution in [0.4, 0.5) is 0 Å². The van der Waals surface area contributed by atoms with Gasteiger partial charge in [-0.1, -0.05) is 17.7 Å². The summed E-state index contributed by atoms with van der Waals surface area (Å²) in [5, 5.41) is 7.77. The Bertz CT molecular complexity index is 659. The molecule has 1 atom stereocenters. The molecular formula is C18H23ClN2O2S. The van der Waals surface area contributed by atoms with Gasteiger partial charge in [0.05, 0.1) is 18.2 Å². The lowest BCUT2D eigenvalue weighted by molar-refractivity contribution is -0.121. The molecule has 1 aromatic heterocycles. The topological polar surface area (TPSA) is 41.6 Å². The largest absolute Gasteiger partial charge is 0.495 e. The van der Waals surface area contributed by atoms with Crippen molar-refractivity contribution in [1.29, 1.82) is 0 Å². The number of benzene rings is 1. The number of amides is 1. The van der Waals surface area contributed by atoms with Gasteiger partial charge in [-0.15, -0.1) is 0 Å². The van der Waals surface area contributed by atoms with Crippen LogP contribution in [0, 0.1) is 0 Å². The van der Waals surface area contributed by atoms with Gasteiger partial charge >= 0.3 is 0 Å². The van der Waals surface area contributed by atoms with Gasteiger partial charge in [0.1, 0.15) is 5.75 Å². The van der Waals surface area contributed by atoms with E-state index in [-0.39, 0.29) is 11.9 Å². The number of rotatable bonds is 8. The highest BCUT2D eigenvalue weighted by atomic mass is 35.5. The molecule has 0 spiro atoms. The average molecular weight is 367 g/mol. The zero-order valence-electron chi connectivity index (χ0n) is 14.2. The summed E-state index contributed by atoms with van der Waals surface area (Å²) >= 11 is 7.78. The van der Waals surface area contributed by atoms with Crippen molar-refractivity contribution in [2.45, 2.75) is 18.9 Å². The summed E-state index contributed by atoms with van der Waals surface area (Å²) < 4.78 is 5.13. The van der Waals surface area contributed by atoms with E-state index in [0.717, 1.165) is 5.56 Å². The first-order chi connectivity index (χ1) is 11.5. The van der Waals surface area contributed by atoms with Gasteiger partial charge in [-0.25, -0.2) is 0 Å². The number of ether oxygens (including phenoxy) is 1. The molecule has 1 heterocycles. The Morgan fingerprint density at radius 3 is 2.75 bits per heavy atom. The Kier molecular flexibility index (Phi) is 7.09. The fourth-order valence-corrected chi connectivity index (χ4v) is 3.47. The maximum absolute atomic E-state index is 12.1. The predicted molar refractivity (Wildman–Crippen MR) is 100 cm³/mol. The van der Waals surface area contributed by atoms with Crippen LogP contribution in [0.1, 0.15) is 23.6 Å². The Labute approximate surface area is 152 Å². The molecule has 0 fully saturated rings. The number of carbonyl (C=O) groups excluding carboxylic acids is 1. The highest BCUT2D eigenvalue weighted by Gasteiger charge is 2.15. The number of halogens is 1. The number of aryl methyl sites for hydroxylation is 1. The minimum atomic E-state index is 0.0454. The molecule has 2 aromatic rings. The summed E-state index contributed by atoms with van der Waals surface area (Å²) in [6.45, 7) is 0.603. The fraction of sp³-hybridized carbons (Fsp3) is 0.389.